The van der Waals surface area contributed by atoms with Crippen molar-refractivity contribution in [2.24, 2.45) is 0 Å². The highest BCUT2D eigenvalue weighted by molar-refractivity contribution is 7.09. The van der Waals surface area contributed by atoms with Crippen LogP contribution < -0.4 is 5.32 Å². The highest BCUT2D eigenvalue weighted by Gasteiger charge is 2.17. The molecule has 4 heteroatoms. The molecule has 3 nitrogen and oxygen atoms in total. The van der Waals surface area contributed by atoms with Crippen LogP contribution in [0.3, 0.4) is 0 Å². The predicted octanol–water partition coefficient (Wildman–Crippen LogP) is 1.97. The Morgan fingerprint density at radius 1 is 1.67 bits per heavy atom. The van der Waals surface area contributed by atoms with Gasteiger partial charge in [0.1, 0.15) is 0 Å². The van der Waals surface area contributed by atoms with E-state index in [1.807, 2.05) is 0 Å². The van der Waals surface area contributed by atoms with E-state index in [1.54, 1.807) is 11.3 Å². The molecule has 0 aliphatic carbocycles. The Bertz CT molecular complexity index is 295. The van der Waals surface area contributed by atoms with Gasteiger partial charge in [0, 0.05) is 25.0 Å². The minimum Gasteiger partial charge on any atom is -0.378 e. The SMILES string of the molecule is CCNCc1csc(CC2CCCO2)n1. The summed E-state index contributed by atoms with van der Waals surface area (Å²) in [6.07, 6.45) is 3.82. The van der Waals surface area contributed by atoms with Crippen LogP contribution in [-0.2, 0) is 17.7 Å². The molecule has 1 saturated heterocycles. The van der Waals surface area contributed by atoms with Gasteiger partial charge in [-0.3, -0.25) is 0 Å². The average molecular weight is 226 g/mol. The smallest absolute Gasteiger partial charge is 0.0954 e. The van der Waals surface area contributed by atoms with Crippen LogP contribution in [0.15, 0.2) is 5.38 Å². The number of rotatable bonds is 5. The van der Waals surface area contributed by atoms with Crippen LogP contribution in [0.1, 0.15) is 30.5 Å². The molecule has 0 saturated carbocycles. The fourth-order valence-corrected chi connectivity index (χ4v) is 2.64. The molecule has 2 heterocycles. The fraction of sp³-hybridized carbons (Fsp3) is 0.727. The van der Waals surface area contributed by atoms with Crippen LogP contribution in [0.2, 0.25) is 0 Å². The lowest BCUT2D eigenvalue weighted by Gasteiger charge is -2.05. The second kappa shape index (κ2) is 5.58. The van der Waals surface area contributed by atoms with Gasteiger partial charge in [-0.15, -0.1) is 11.3 Å². The van der Waals surface area contributed by atoms with Crippen molar-refractivity contribution in [3.05, 3.63) is 16.1 Å². The lowest BCUT2D eigenvalue weighted by molar-refractivity contribution is 0.111. The first-order valence-corrected chi connectivity index (χ1v) is 6.52. The summed E-state index contributed by atoms with van der Waals surface area (Å²) in [6, 6.07) is 0. The standard InChI is InChI=1S/C11H18N2OS/c1-2-12-7-9-8-15-11(13-9)6-10-4-3-5-14-10/h8,10,12H,2-7H2,1H3. The molecule has 0 bridgehead atoms. The zero-order chi connectivity index (χ0) is 10.5. The maximum Gasteiger partial charge on any atom is 0.0954 e. The summed E-state index contributed by atoms with van der Waals surface area (Å²) >= 11 is 1.76. The maximum atomic E-state index is 5.60. The van der Waals surface area contributed by atoms with Gasteiger partial charge >= 0.3 is 0 Å². The predicted molar refractivity (Wildman–Crippen MR) is 62.2 cm³/mol. The van der Waals surface area contributed by atoms with E-state index in [4.69, 9.17) is 4.74 Å². The van der Waals surface area contributed by atoms with E-state index in [2.05, 4.69) is 22.6 Å². The van der Waals surface area contributed by atoms with Gasteiger partial charge in [-0.25, -0.2) is 4.98 Å². The van der Waals surface area contributed by atoms with Gasteiger partial charge in [-0.05, 0) is 19.4 Å². The Balaban J connectivity index is 1.83. The molecule has 1 fully saturated rings. The van der Waals surface area contributed by atoms with Gasteiger partial charge < -0.3 is 10.1 Å². The van der Waals surface area contributed by atoms with Crippen molar-refractivity contribution in [1.29, 1.82) is 0 Å². The summed E-state index contributed by atoms with van der Waals surface area (Å²) in [6.45, 7) is 4.93. The van der Waals surface area contributed by atoms with Crippen LogP contribution in [0.25, 0.3) is 0 Å². The maximum absolute atomic E-state index is 5.60. The number of hydrogen-bond acceptors (Lipinski definition) is 4. The highest BCUT2D eigenvalue weighted by Crippen LogP contribution is 2.19. The van der Waals surface area contributed by atoms with Crippen molar-refractivity contribution in [3.63, 3.8) is 0 Å². The van der Waals surface area contributed by atoms with Crippen LogP contribution in [0, 0.1) is 0 Å². The Morgan fingerprint density at radius 2 is 2.60 bits per heavy atom. The molecule has 1 aromatic heterocycles. The van der Waals surface area contributed by atoms with Crippen molar-refractivity contribution in [3.8, 4) is 0 Å². The third-order valence-corrected chi connectivity index (χ3v) is 3.50. The lowest BCUT2D eigenvalue weighted by atomic mass is 10.2. The molecular weight excluding hydrogens is 208 g/mol. The molecule has 0 radical (unpaired) electrons. The lowest BCUT2D eigenvalue weighted by Crippen LogP contribution is -2.12. The second-order valence-corrected chi connectivity index (χ2v) is 4.79. The molecule has 1 atom stereocenters. The van der Waals surface area contributed by atoms with Gasteiger partial charge in [0.25, 0.3) is 0 Å². The molecule has 0 amide bonds. The first-order valence-electron chi connectivity index (χ1n) is 5.64. The molecular formula is C11H18N2OS. The monoisotopic (exact) mass is 226 g/mol. The van der Waals surface area contributed by atoms with Gasteiger partial charge in [0.15, 0.2) is 0 Å². The van der Waals surface area contributed by atoms with Gasteiger partial charge in [-0.1, -0.05) is 6.92 Å². The van der Waals surface area contributed by atoms with Crippen molar-refractivity contribution >= 4 is 11.3 Å². The van der Waals surface area contributed by atoms with E-state index in [0.717, 1.165) is 31.8 Å². The molecule has 0 spiro atoms. The molecule has 84 valence electrons. The normalized spacial score (nSPS) is 21.0. The zero-order valence-corrected chi connectivity index (χ0v) is 9.98. The number of nitrogens with one attached hydrogen (secondary N) is 1. The van der Waals surface area contributed by atoms with Crippen LogP contribution >= 0.6 is 11.3 Å². The molecule has 15 heavy (non-hydrogen) atoms. The zero-order valence-electron chi connectivity index (χ0n) is 9.16. The molecule has 1 N–H and O–H groups in total. The summed E-state index contributed by atoms with van der Waals surface area (Å²) in [5.74, 6) is 0. The first kappa shape index (κ1) is 11.0. The van der Waals surface area contributed by atoms with Gasteiger partial charge in [0.05, 0.1) is 16.8 Å². The van der Waals surface area contributed by atoms with Crippen LogP contribution in [0.4, 0.5) is 0 Å². The summed E-state index contributed by atoms with van der Waals surface area (Å²) in [5, 5.41) is 6.65. The topological polar surface area (TPSA) is 34.1 Å². The van der Waals surface area contributed by atoms with E-state index in [1.165, 1.54) is 17.8 Å². The molecule has 1 unspecified atom stereocenters. The fourth-order valence-electron chi connectivity index (χ4n) is 1.78. The van der Waals surface area contributed by atoms with Crippen molar-refractivity contribution in [2.75, 3.05) is 13.2 Å². The van der Waals surface area contributed by atoms with E-state index >= 15 is 0 Å². The van der Waals surface area contributed by atoms with Crippen molar-refractivity contribution in [1.82, 2.24) is 10.3 Å². The van der Waals surface area contributed by atoms with E-state index in [0.29, 0.717) is 6.10 Å². The Kier molecular flexibility index (Phi) is 4.11. The Labute approximate surface area is 94.9 Å². The van der Waals surface area contributed by atoms with Crippen molar-refractivity contribution < 1.29 is 4.74 Å². The molecule has 0 aromatic carbocycles. The first-order chi connectivity index (χ1) is 7.38. The molecule has 1 aliphatic rings. The van der Waals surface area contributed by atoms with Gasteiger partial charge in [-0.2, -0.15) is 0 Å². The summed E-state index contributed by atoms with van der Waals surface area (Å²) in [7, 11) is 0. The third-order valence-electron chi connectivity index (χ3n) is 2.58. The quantitative estimate of drug-likeness (QED) is 0.833. The van der Waals surface area contributed by atoms with E-state index < -0.39 is 0 Å². The second-order valence-electron chi connectivity index (χ2n) is 3.85. The molecule has 2 rings (SSSR count). The Morgan fingerprint density at radius 3 is 3.33 bits per heavy atom. The van der Waals surface area contributed by atoms with Gasteiger partial charge in [0.2, 0.25) is 0 Å². The minimum atomic E-state index is 0.420. The number of nitrogens with zero attached hydrogens (tertiary/aromatic N) is 1. The largest absolute Gasteiger partial charge is 0.378 e. The highest BCUT2D eigenvalue weighted by atomic mass is 32.1. The number of hydrogen-bond donors (Lipinski definition) is 1. The Hall–Kier alpha value is -0.450. The molecule has 1 aliphatic heterocycles. The summed E-state index contributed by atoms with van der Waals surface area (Å²) < 4.78 is 5.60. The number of aromatic nitrogens is 1. The molecule has 1 aromatic rings. The minimum absolute atomic E-state index is 0.420. The third kappa shape index (κ3) is 3.26. The van der Waals surface area contributed by atoms with E-state index in [-0.39, 0.29) is 0 Å². The van der Waals surface area contributed by atoms with Crippen LogP contribution in [-0.4, -0.2) is 24.2 Å². The number of thiazole rings is 1. The van der Waals surface area contributed by atoms with Crippen molar-refractivity contribution in [2.45, 2.75) is 38.8 Å². The summed E-state index contributed by atoms with van der Waals surface area (Å²) in [5.41, 5.74) is 1.16. The van der Waals surface area contributed by atoms with Crippen LogP contribution in [0.5, 0.6) is 0 Å². The average Bonchev–Trinajstić information content (AvgIpc) is 2.87. The van der Waals surface area contributed by atoms with E-state index in [9.17, 15) is 0 Å². The summed E-state index contributed by atoms with van der Waals surface area (Å²) in [4.78, 5) is 4.59. The number of ether oxygens (including phenoxy) is 1.